The van der Waals surface area contributed by atoms with Gasteiger partial charge >= 0.3 is 0 Å². The third-order valence-corrected chi connectivity index (χ3v) is 3.95. The first-order valence-corrected chi connectivity index (χ1v) is 8.25. The number of amides is 2. The number of nitrogens with two attached hydrogens (primary N) is 1. The number of hydrazone groups is 1. The van der Waals surface area contributed by atoms with E-state index in [0.29, 0.717) is 17.1 Å². The van der Waals surface area contributed by atoms with Gasteiger partial charge in [-0.1, -0.05) is 0 Å². The molecule has 0 saturated carbocycles. The van der Waals surface area contributed by atoms with E-state index in [9.17, 15) is 9.59 Å². The lowest BCUT2D eigenvalue weighted by molar-refractivity contribution is -0.119. The van der Waals surface area contributed by atoms with Gasteiger partial charge in [-0.2, -0.15) is 5.10 Å². The van der Waals surface area contributed by atoms with Crippen molar-refractivity contribution in [2.24, 2.45) is 10.8 Å². The van der Waals surface area contributed by atoms with Gasteiger partial charge in [0.2, 0.25) is 0 Å². The van der Waals surface area contributed by atoms with Gasteiger partial charge in [-0.25, -0.2) is 5.43 Å². The molecule has 0 fully saturated rings. The van der Waals surface area contributed by atoms with Gasteiger partial charge in [-0.3, -0.25) is 9.59 Å². The van der Waals surface area contributed by atoms with E-state index in [1.54, 1.807) is 49.6 Å². The molecule has 0 radical (unpaired) electrons. The second kappa shape index (κ2) is 9.02. The maximum Gasteiger partial charge on any atom is 0.271 e. The minimum absolute atomic E-state index is 0.178. The van der Waals surface area contributed by atoms with Gasteiger partial charge in [-0.15, -0.1) is 0 Å². The molecule has 0 aromatic heterocycles. The highest BCUT2D eigenvalue weighted by Gasteiger charge is 2.08. The Labute approximate surface area is 158 Å². The molecule has 2 rings (SSSR count). The lowest BCUT2D eigenvalue weighted by atomic mass is 10.2. The maximum atomic E-state index is 12.1. The van der Waals surface area contributed by atoms with Crippen LogP contribution in [-0.2, 0) is 4.79 Å². The van der Waals surface area contributed by atoms with E-state index in [-0.39, 0.29) is 12.5 Å². The Morgan fingerprint density at radius 2 is 1.96 bits per heavy atom. The molecule has 0 saturated heterocycles. The van der Waals surface area contributed by atoms with E-state index in [0.717, 1.165) is 9.13 Å². The molecule has 8 heteroatoms. The van der Waals surface area contributed by atoms with Crippen molar-refractivity contribution in [2.75, 3.05) is 13.7 Å². The summed E-state index contributed by atoms with van der Waals surface area (Å²) in [6, 6.07) is 12.0. The lowest BCUT2D eigenvalue weighted by Crippen LogP contribution is -2.20. The molecule has 0 unspecified atom stereocenters. The molecule has 0 bridgehead atoms. The van der Waals surface area contributed by atoms with Crippen molar-refractivity contribution in [3.05, 3.63) is 57.2 Å². The maximum absolute atomic E-state index is 12.1. The third-order valence-electron chi connectivity index (χ3n) is 3.05. The van der Waals surface area contributed by atoms with E-state index in [1.807, 2.05) is 0 Å². The van der Waals surface area contributed by atoms with E-state index in [1.165, 1.54) is 6.21 Å². The molecule has 0 aliphatic rings. The monoisotopic (exact) mass is 453 g/mol. The number of methoxy groups -OCH3 is 1. The van der Waals surface area contributed by atoms with Gasteiger partial charge in [0, 0.05) is 5.56 Å². The number of primary amides is 1. The number of carbonyl (C=O) groups excluding carboxylic acids is 2. The SMILES string of the molecule is COc1cc(C(=O)N/N=C\c2ccc(OCC(N)=O)cc2)ccc1I. The number of ether oxygens (including phenoxy) is 2. The highest BCUT2D eigenvalue weighted by molar-refractivity contribution is 14.1. The zero-order chi connectivity index (χ0) is 18.2. The van der Waals surface area contributed by atoms with E-state index in [4.69, 9.17) is 15.2 Å². The zero-order valence-electron chi connectivity index (χ0n) is 13.4. The van der Waals surface area contributed by atoms with Crippen LogP contribution in [0.3, 0.4) is 0 Å². The molecular weight excluding hydrogens is 437 g/mol. The number of hydrogen-bond donors (Lipinski definition) is 2. The summed E-state index contributed by atoms with van der Waals surface area (Å²) in [6.45, 7) is -0.178. The summed E-state index contributed by atoms with van der Waals surface area (Å²) in [5.41, 5.74) is 8.66. The Hall–Kier alpha value is -2.62. The van der Waals surface area contributed by atoms with E-state index < -0.39 is 5.91 Å². The molecule has 25 heavy (non-hydrogen) atoms. The van der Waals surface area contributed by atoms with Crippen LogP contribution >= 0.6 is 22.6 Å². The zero-order valence-corrected chi connectivity index (χ0v) is 15.5. The molecule has 0 aliphatic carbocycles. The van der Waals surface area contributed by atoms with Crippen molar-refractivity contribution in [1.29, 1.82) is 0 Å². The normalized spacial score (nSPS) is 10.5. The molecule has 3 N–H and O–H groups in total. The minimum atomic E-state index is -0.541. The number of carbonyl (C=O) groups is 2. The van der Waals surface area contributed by atoms with Crippen LogP contribution in [0.2, 0.25) is 0 Å². The number of nitrogens with zero attached hydrogens (tertiary/aromatic N) is 1. The average Bonchev–Trinajstić information content (AvgIpc) is 2.61. The Kier molecular flexibility index (Phi) is 6.75. The highest BCUT2D eigenvalue weighted by Crippen LogP contribution is 2.21. The average molecular weight is 453 g/mol. The molecule has 7 nitrogen and oxygen atoms in total. The number of hydrogen-bond acceptors (Lipinski definition) is 5. The Morgan fingerprint density at radius 3 is 2.60 bits per heavy atom. The molecule has 2 aromatic carbocycles. The van der Waals surface area contributed by atoms with Crippen LogP contribution in [0.15, 0.2) is 47.6 Å². The first-order valence-electron chi connectivity index (χ1n) is 7.17. The number of benzene rings is 2. The fraction of sp³-hybridized carbons (Fsp3) is 0.118. The Balaban J connectivity index is 1.93. The van der Waals surface area contributed by atoms with Gasteiger partial charge < -0.3 is 15.2 Å². The van der Waals surface area contributed by atoms with E-state index in [2.05, 4.69) is 33.1 Å². The highest BCUT2D eigenvalue weighted by atomic mass is 127. The molecular formula is C17H16IN3O4. The molecule has 0 spiro atoms. The number of halogens is 1. The first-order chi connectivity index (χ1) is 12.0. The van der Waals surface area contributed by atoms with Crippen molar-refractivity contribution in [3.8, 4) is 11.5 Å². The standard InChI is InChI=1S/C17H16IN3O4/c1-24-15-8-12(4-7-14(15)18)17(23)21-20-9-11-2-5-13(6-3-11)25-10-16(19)22/h2-9H,10H2,1H3,(H2,19,22)(H,21,23)/b20-9-. The second-order valence-electron chi connectivity index (χ2n) is 4.87. The Bertz CT molecular complexity index is 791. The third kappa shape index (κ3) is 5.75. The van der Waals surface area contributed by atoms with Crippen LogP contribution in [0.4, 0.5) is 0 Å². The number of nitrogens with one attached hydrogen (secondary N) is 1. The summed E-state index contributed by atoms with van der Waals surface area (Å²) in [6.07, 6.45) is 1.50. The van der Waals surface area contributed by atoms with Crippen molar-refractivity contribution >= 4 is 40.6 Å². The van der Waals surface area contributed by atoms with Crippen molar-refractivity contribution in [1.82, 2.24) is 5.43 Å². The van der Waals surface area contributed by atoms with Crippen LogP contribution in [0, 0.1) is 3.57 Å². The first kappa shape index (κ1) is 18.7. The molecule has 0 aliphatic heterocycles. The van der Waals surface area contributed by atoms with Gasteiger partial charge in [0.1, 0.15) is 11.5 Å². The van der Waals surface area contributed by atoms with Gasteiger partial charge in [-0.05, 0) is 70.6 Å². The fourth-order valence-electron chi connectivity index (χ4n) is 1.84. The van der Waals surface area contributed by atoms with Gasteiger partial charge in [0.25, 0.3) is 11.8 Å². The summed E-state index contributed by atoms with van der Waals surface area (Å²) in [7, 11) is 1.55. The van der Waals surface area contributed by atoms with Crippen LogP contribution in [-0.4, -0.2) is 31.7 Å². The molecule has 130 valence electrons. The number of rotatable bonds is 7. The van der Waals surface area contributed by atoms with Gasteiger partial charge in [0.05, 0.1) is 16.9 Å². The largest absolute Gasteiger partial charge is 0.496 e. The van der Waals surface area contributed by atoms with Crippen molar-refractivity contribution in [2.45, 2.75) is 0 Å². The van der Waals surface area contributed by atoms with Crippen LogP contribution < -0.4 is 20.6 Å². The molecule has 0 atom stereocenters. The quantitative estimate of drug-likeness (QED) is 0.380. The smallest absolute Gasteiger partial charge is 0.271 e. The minimum Gasteiger partial charge on any atom is -0.496 e. The van der Waals surface area contributed by atoms with Gasteiger partial charge in [0.15, 0.2) is 6.61 Å². The summed E-state index contributed by atoms with van der Waals surface area (Å²) in [4.78, 5) is 22.7. The molecule has 2 amide bonds. The van der Waals surface area contributed by atoms with Crippen LogP contribution in [0.5, 0.6) is 11.5 Å². The summed E-state index contributed by atoms with van der Waals surface area (Å²) in [5.74, 6) is 0.266. The topological polar surface area (TPSA) is 103 Å². The summed E-state index contributed by atoms with van der Waals surface area (Å²) in [5, 5.41) is 3.92. The van der Waals surface area contributed by atoms with Crippen LogP contribution in [0.25, 0.3) is 0 Å². The van der Waals surface area contributed by atoms with E-state index >= 15 is 0 Å². The second-order valence-corrected chi connectivity index (χ2v) is 6.03. The predicted molar refractivity (Wildman–Crippen MR) is 102 cm³/mol. The Morgan fingerprint density at radius 1 is 1.24 bits per heavy atom. The molecule has 2 aromatic rings. The lowest BCUT2D eigenvalue weighted by Gasteiger charge is -2.05. The molecule has 0 heterocycles. The fourth-order valence-corrected chi connectivity index (χ4v) is 2.39. The van der Waals surface area contributed by atoms with Crippen molar-refractivity contribution < 1.29 is 19.1 Å². The van der Waals surface area contributed by atoms with Crippen molar-refractivity contribution in [3.63, 3.8) is 0 Å². The summed E-state index contributed by atoms with van der Waals surface area (Å²) >= 11 is 2.13. The predicted octanol–water partition coefficient (Wildman–Crippen LogP) is 1.93. The van der Waals surface area contributed by atoms with Crippen LogP contribution in [0.1, 0.15) is 15.9 Å². The summed E-state index contributed by atoms with van der Waals surface area (Å²) < 4.78 is 11.3.